The Morgan fingerprint density at radius 2 is 1.67 bits per heavy atom. The summed E-state index contributed by atoms with van der Waals surface area (Å²) in [6.45, 7) is 4.19. The highest BCUT2D eigenvalue weighted by Crippen LogP contribution is 2.19. The molecule has 0 aliphatic rings. The molecule has 0 bridgehead atoms. The van der Waals surface area contributed by atoms with E-state index in [9.17, 15) is 4.79 Å². The third kappa shape index (κ3) is 5.81. The highest BCUT2D eigenvalue weighted by atomic mass is 16.1. The average molecular weight is 361 g/mol. The van der Waals surface area contributed by atoms with Gasteiger partial charge in [-0.3, -0.25) is 4.79 Å². The van der Waals surface area contributed by atoms with Gasteiger partial charge in [-0.1, -0.05) is 30.3 Å². The van der Waals surface area contributed by atoms with Crippen molar-refractivity contribution in [2.24, 2.45) is 0 Å². The smallest absolute Gasteiger partial charge is 0.224 e. The Morgan fingerprint density at radius 1 is 0.963 bits per heavy atom. The van der Waals surface area contributed by atoms with Crippen LogP contribution in [-0.2, 0) is 11.2 Å². The quantitative estimate of drug-likeness (QED) is 0.589. The van der Waals surface area contributed by atoms with Gasteiger partial charge in [0, 0.05) is 36.6 Å². The minimum absolute atomic E-state index is 0.0895. The molecule has 0 atom stereocenters. The standard InChI is InChI=1S/C21H23N5O/c1-15-14-20(25-19-10-8-18(9-11-19)24-16(2)27)26-21(23-15)22-13-12-17-6-4-3-5-7-17/h3-11,14H,12-13H2,1-2H3,(H,24,27)(H2,22,23,25,26). The molecule has 0 saturated carbocycles. The first-order valence-corrected chi connectivity index (χ1v) is 8.87. The van der Waals surface area contributed by atoms with Gasteiger partial charge in [-0.15, -0.1) is 0 Å². The second-order valence-electron chi connectivity index (χ2n) is 6.26. The van der Waals surface area contributed by atoms with E-state index in [-0.39, 0.29) is 5.91 Å². The number of aromatic nitrogens is 2. The lowest BCUT2D eigenvalue weighted by atomic mass is 10.1. The maximum absolute atomic E-state index is 11.1. The second kappa shape index (κ2) is 8.80. The Balaban J connectivity index is 1.61. The molecule has 0 saturated heterocycles. The first-order valence-electron chi connectivity index (χ1n) is 8.87. The highest BCUT2D eigenvalue weighted by Gasteiger charge is 2.04. The van der Waals surface area contributed by atoms with Crippen LogP contribution in [0.4, 0.5) is 23.1 Å². The number of hydrogen-bond donors (Lipinski definition) is 3. The summed E-state index contributed by atoms with van der Waals surface area (Å²) in [5, 5.41) is 9.30. The normalized spacial score (nSPS) is 10.3. The molecular formula is C21H23N5O. The van der Waals surface area contributed by atoms with Crippen molar-refractivity contribution in [2.75, 3.05) is 22.5 Å². The Labute approximate surface area is 159 Å². The fourth-order valence-corrected chi connectivity index (χ4v) is 2.66. The molecule has 3 rings (SSSR count). The molecule has 0 aliphatic carbocycles. The minimum atomic E-state index is -0.0895. The van der Waals surface area contributed by atoms with Crippen LogP contribution in [0.5, 0.6) is 0 Å². The van der Waals surface area contributed by atoms with Crippen molar-refractivity contribution in [2.45, 2.75) is 20.3 Å². The molecule has 3 aromatic rings. The minimum Gasteiger partial charge on any atom is -0.354 e. The zero-order valence-electron chi connectivity index (χ0n) is 15.5. The van der Waals surface area contributed by atoms with Crippen LogP contribution in [0.25, 0.3) is 0 Å². The number of nitrogens with one attached hydrogen (secondary N) is 3. The van der Waals surface area contributed by atoms with Crippen LogP contribution in [0, 0.1) is 6.92 Å². The summed E-state index contributed by atoms with van der Waals surface area (Å²) in [6, 6.07) is 19.7. The van der Waals surface area contributed by atoms with Crippen LogP contribution in [0.2, 0.25) is 0 Å². The number of amides is 1. The highest BCUT2D eigenvalue weighted by molar-refractivity contribution is 5.88. The maximum atomic E-state index is 11.1. The molecule has 0 fully saturated rings. The number of carbonyl (C=O) groups is 1. The zero-order chi connectivity index (χ0) is 19.1. The van der Waals surface area contributed by atoms with Crippen LogP contribution >= 0.6 is 0 Å². The number of aryl methyl sites for hydroxylation is 1. The lowest BCUT2D eigenvalue weighted by Crippen LogP contribution is -2.09. The molecule has 0 unspecified atom stereocenters. The number of carbonyl (C=O) groups excluding carboxylic acids is 1. The van der Waals surface area contributed by atoms with Crippen molar-refractivity contribution >= 4 is 29.0 Å². The van der Waals surface area contributed by atoms with Crippen LogP contribution in [0.1, 0.15) is 18.2 Å². The summed E-state index contributed by atoms with van der Waals surface area (Å²) in [5.41, 5.74) is 3.80. The first-order chi connectivity index (χ1) is 13.1. The van der Waals surface area contributed by atoms with Gasteiger partial charge in [0.25, 0.3) is 0 Å². The third-order valence-electron chi connectivity index (χ3n) is 3.87. The van der Waals surface area contributed by atoms with Crippen molar-refractivity contribution in [1.29, 1.82) is 0 Å². The summed E-state index contributed by atoms with van der Waals surface area (Å²) < 4.78 is 0. The van der Waals surface area contributed by atoms with Gasteiger partial charge in [0.2, 0.25) is 11.9 Å². The van der Waals surface area contributed by atoms with E-state index in [1.165, 1.54) is 12.5 Å². The molecule has 138 valence electrons. The number of rotatable bonds is 7. The fraction of sp³-hybridized carbons (Fsp3) is 0.190. The van der Waals surface area contributed by atoms with Crippen LogP contribution < -0.4 is 16.0 Å². The summed E-state index contributed by atoms with van der Waals surface area (Å²) in [5.74, 6) is 1.23. The van der Waals surface area contributed by atoms with Crippen molar-refractivity contribution in [3.05, 3.63) is 71.9 Å². The van der Waals surface area contributed by atoms with E-state index in [0.717, 1.165) is 35.9 Å². The van der Waals surface area contributed by atoms with Crippen molar-refractivity contribution in [3.63, 3.8) is 0 Å². The van der Waals surface area contributed by atoms with Crippen LogP contribution in [-0.4, -0.2) is 22.4 Å². The lowest BCUT2D eigenvalue weighted by molar-refractivity contribution is -0.114. The largest absolute Gasteiger partial charge is 0.354 e. The molecule has 6 heteroatoms. The molecule has 1 aromatic heterocycles. The monoisotopic (exact) mass is 361 g/mol. The number of nitrogens with zero attached hydrogens (tertiary/aromatic N) is 2. The van der Waals surface area contributed by atoms with E-state index in [1.807, 2.05) is 55.5 Å². The molecule has 27 heavy (non-hydrogen) atoms. The average Bonchev–Trinajstić information content (AvgIpc) is 2.63. The Kier molecular flexibility index (Phi) is 5.99. The van der Waals surface area contributed by atoms with Crippen LogP contribution in [0.15, 0.2) is 60.7 Å². The molecule has 1 heterocycles. The van der Waals surface area contributed by atoms with E-state index >= 15 is 0 Å². The van der Waals surface area contributed by atoms with E-state index in [2.05, 4.69) is 38.1 Å². The van der Waals surface area contributed by atoms with Gasteiger partial charge in [0.15, 0.2) is 0 Å². The lowest BCUT2D eigenvalue weighted by Gasteiger charge is -2.11. The first kappa shape index (κ1) is 18.4. The maximum Gasteiger partial charge on any atom is 0.224 e. The van der Waals surface area contributed by atoms with E-state index < -0.39 is 0 Å². The van der Waals surface area contributed by atoms with Gasteiger partial charge < -0.3 is 16.0 Å². The SMILES string of the molecule is CC(=O)Nc1ccc(Nc2cc(C)nc(NCCc3ccccc3)n2)cc1. The van der Waals surface area contributed by atoms with Gasteiger partial charge in [0.05, 0.1) is 0 Å². The van der Waals surface area contributed by atoms with E-state index in [0.29, 0.717) is 5.95 Å². The van der Waals surface area contributed by atoms with Gasteiger partial charge in [-0.2, -0.15) is 4.98 Å². The number of anilines is 4. The van der Waals surface area contributed by atoms with Gasteiger partial charge in [0.1, 0.15) is 5.82 Å². The predicted octanol–water partition coefficient (Wildman–Crippen LogP) is 4.14. The number of hydrogen-bond acceptors (Lipinski definition) is 5. The molecule has 6 nitrogen and oxygen atoms in total. The third-order valence-corrected chi connectivity index (χ3v) is 3.87. The molecule has 0 radical (unpaired) electrons. The molecular weight excluding hydrogens is 338 g/mol. The fourth-order valence-electron chi connectivity index (χ4n) is 2.66. The Morgan fingerprint density at radius 3 is 2.37 bits per heavy atom. The Hall–Kier alpha value is -3.41. The second-order valence-corrected chi connectivity index (χ2v) is 6.26. The van der Waals surface area contributed by atoms with E-state index in [1.54, 1.807) is 0 Å². The van der Waals surface area contributed by atoms with E-state index in [4.69, 9.17) is 0 Å². The van der Waals surface area contributed by atoms with Gasteiger partial charge >= 0.3 is 0 Å². The zero-order valence-corrected chi connectivity index (χ0v) is 15.5. The van der Waals surface area contributed by atoms with Gasteiger partial charge in [-0.05, 0) is 43.2 Å². The molecule has 0 spiro atoms. The number of benzene rings is 2. The molecule has 1 amide bonds. The Bertz CT molecular complexity index is 894. The summed E-state index contributed by atoms with van der Waals surface area (Å²) >= 11 is 0. The predicted molar refractivity (Wildman–Crippen MR) is 109 cm³/mol. The van der Waals surface area contributed by atoms with Crippen molar-refractivity contribution in [3.8, 4) is 0 Å². The van der Waals surface area contributed by atoms with Crippen molar-refractivity contribution in [1.82, 2.24) is 9.97 Å². The topological polar surface area (TPSA) is 78.9 Å². The van der Waals surface area contributed by atoms with Gasteiger partial charge in [-0.25, -0.2) is 4.98 Å². The van der Waals surface area contributed by atoms with Crippen molar-refractivity contribution < 1.29 is 4.79 Å². The summed E-state index contributed by atoms with van der Waals surface area (Å²) in [7, 11) is 0. The summed E-state index contributed by atoms with van der Waals surface area (Å²) in [4.78, 5) is 20.1. The molecule has 2 aromatic carbocycles. The molecule has 0 aliphatic heterocycles. The van der Waals surface area contributed by atoms with Crippen LogP contribution in [0.3, 0.4) is 0 Å². The summed E-state index contributed by atoms with van der Waals surface area (Å²) in [6.07, 6.45) is 0.908. The molecule has 3 N–H and O–H groups in total.